The van der Waals surface area contributed by atoms with Gasteiger partial charge < -0.3 is 16.4 Å². The van der Waals surface area contributed by atoms with Crippen LogP contribution in [0, 0.1) is 13.8 Å². The van der Waals surface area contributed by atoms with Crippen molar-refractivity contribution in [2.45, 2.75) is 26.7 Å². The summed E-state index contributed by atoms with van der Waals surface area (Å²) < 4.78 is 0. The van der Waals surface area contributed by atoms with Crippen LogP contribution in [0.4, 0.5) is 5.00 Å². The monoisotopic (exact) mass is 395 g/mol. The van der Waals surface area contributed by atoms with Crippen LogP contribution in [0.1, 0.15) is 32.8 Å². The molecule has 0 unspecified atom stereocenters. The molecule has 1 aromatic heterocycles. The largest absolute Gasteiger partial charge is 0.365 e. The standard InChI is InChI=1S/C17H18ClN3O2S2/c1-9-10(2)25-16(14(9)15(19)23)21-17(24)20-13(22)8-7-11-5-3-4-6-12(11)18/h3-6H,7-8H2,1-2H3,(H2,19,23)(H2,20,21,22,24). The molecule has 0 aliphatic carbocycles. The summed E-state index contributed by atoms with van der Waals surface area (Å²) in [5.74, 6) is -0.764. The number of amides is 2. The Morgan fingerprint density at radius 2 is 1.96 bits per heavy atom. The van der Waals surface area contributed by atoms with E-state index in [9.17, 15) is 9.59 Å². The Kier molecular flexibility index (Phi) is 6.52. The van der Waals surface area contributed by atoms with E-state index < -0.39 is 5.91 Å². The third-order valence-electron chi connectivity index (χ3n) is 3.69. The summed E-state index contributed by atoms with van der Waals surface area (Å²) in [4.78, 5) is 24.6. The Labute approximate surface area is 160 Å². The van der Waals surface area contributed by atoms with Gasteiger partial charge in [-0.3, -0.25) is 9.59 Å². The molecule has 0 bridgehead atoms. The predicted molar refractivity (Wildman–Crippen MR) is 106 cm³/mol. The number of carbonyl (C=O) groups is 2. The summed E-state index contributed by atoms with van der Waals surface area (Å²) in [5.41, 5.74) is 7.53. The quantitative estimate of drug-likeness (QED) is 0.676. The minimum Gasteiger partial charge on any atom is -0.365 e. The van der Waals surface area contributed by atoms with Crippen molar-refractivity contribution in [1.82, 2.24) is 5.32 Å². The molecule has 0 fully saturated rings. The third-order valence-corrected chi connectivity index (χ3v) is 5.39. The van der Waals surface area contributed by atoms with E-state index in [1.807, 2.05) is 32.0 Å². The van der Waals surface area contributed by atoms with E-state index in [0.29, 0.717) is 22.0 Å². The SMILES string of the molecule is Cc1sc(NC(=S)NC(=O)CCc2ccccc2Cl)c(C(N)=O)c1C. The van der Waals surface area contributed by atoms with Gasteiger partial charge in [0.1, 0.15) is 5.00 Å². The topological polar surface area (TPSA) is 84.2 Å². The first-order valence-corrected chi connectivity index (χ1v) is 9.14. The number of aryl methyl sites for hydroxylation is 2. The molecule has 0 atom stereocenters. The third kappa shape index (κ3) is 5.01. The van der Waals surface area contributed by atoms with E-state index in [0.717, 1.165) is 16.0 Å². The minimum absolute atomic E-state index is 0.132. The number of nitrogens with two attached hydrogens (primary N) is 1. The van der Waals surface area contributed by atoms with Crippen molar-refractivity contribution < 1.29 is 9.59 Å². The van der Waals surface area contributed by atoms with Gasteiger partial charge in [-0.1, -0.05) is 29.8 Å². The number of thiocarbonyl (C=S) groups is 1. The number of anilines is 1. The maximum atomic E-state index is 12.0. The van der Waals surface area contributed by atoms with Crippen LogP contribution < -0.4 is 16.4 Å². The van der Waals surface area contributed by atoms with Crippen LogP contribution in [-0.4, -0.2) is 16.9 Å². The molecule has 0 saturated heterocycles. The maximum Gasteiger partial charge on any atom is 0.251 e. The zero-order valence-electron chi connectivity index (χ0n) is 13.8. The number of rotatable bonds is 5. The molecule has 5 nitrogen and oxygen atoms in total. The van der Waals surface area contributed by atoms with Gasteiger partial charge in [0.2, 0.25) is 5.91 Å². The molecule has 1 heterocycles. The van der Waals surface area contributed by atoms with Crippen molar-refractivity contribution in [2.75, 3.05) is 5.32 Å². The fourth-order valence-corrected chi connectivity index (χ4v) is 3.87. The average molecular weight is 396 g/mol. The van der Waals surface area contributed by atoms with Crippen LogP contribution in [0.15, 0.2) is 24.3 Å². The second kappa shape index (κ2) is 8.42. The van der Waals surface area contributed by atoms with Gasteiger partial charge in [-0.2, -0.15) is 0 Å². The second-order valence-electron chi connectivity index (χ2n) is 5.45. The van der Waals surface area contributed by atoms with E-state index in [-0.39, 0.29) is 17.4 Å². The average Bonchev–Trinajstić information content (AvgIpc) is 2.80. The predicted octanol–water partition coefficient (Wildman–Crippen LogP) is 3.56. The lowest BCUT2D eigenvalue weighted by atomic mass is 10.1. The molecule has 2 amide bonds. The Bertz CT molecular complexity index is 833. The molecular formula is C17H18ClN3O2S2. The van der Waals surface area contributed by atoms with E-state index >= 15 is 0 Å². The van der Waals surface area contributed by atoms with E-state index in [1.165, 1.54) is 11.3 Å². The summed E-state index contributed by atoms with van der Waals surface area (Å²) in [5, 5.41) is 6.80. The maximum absolute atomic E-state index is 12.0. The fraction of sp³-hybridized carbons (Fsp3) is 0.235. The van der Waals surface area contributed by atoms with Gasteiger partial charge in [0.05, 0.1) is 5.56 Å². The highest BCUT2D eigenvalue weighted by Gasteiger charge is 2.18. The Morgan fingerprint density at radius 3 is 2.60 bits per heavy atom. The van der Waals surface area contributed by atoms with E-state index in [1.54, 1.807) is 6.07 Å². The highest BCUT2D eigenvalue weighted by molar-refractivity contribution is 7.80. The molecule has 1 aromatic carbocycles. The van der Waals surface area contributed by atoms with Crippen LogP contribution in [0.2, 0.25) is 5.02 Å². The van der Waals surface area contributed by atoms with Gasteiger partial charge in [0.15, 0.2) is 5.11 Å². The number of thiophene rings is 1. The molecule has 0 spiro atoms. The normalized spacial score (nSPS) is 10.4. The van der Waals surface area contributed by atoms with Crippen LogP contribution in [-0.2, 0) is 11.2 Å². The van der Waals surface area contributed by atoms with E-state index in [4.69, 9.17) is 29.6 Å². The van der Waals surface area contributed by atoms with Gasteiger partial charge in [-0.05, 0) is 49.7 Å². The van der Waals surface area contributed by atoms with Crippen LogP contribution >= 0.6 is 35.2 Å². The molecular weight excluding hydrogens is 378 g/mol. The highest BCUT2D eigenvalue weighted by Crippen LogP contribution is 2.31. The van der Waals surface area contributed by atoms with Crippen LogP contribution in [0.25, 0.3) is 0 Å². The first-order valence-electron chi connectivity index (χ1n) is 7.53. The van der Waals surface area contributed by atoms with Crippen LogP contribution in [0.5, 0.6) is 0 Å². The fourth-order valence-electron chi connectivity index (χ4n) is 2.28. The molecule has 132 valence electrons. The number of nitrogens with one attached hydrogen (secondary N) is 2. The lowest BCUT2D eigenvalue weighted by Crippen LogP contribution is -2.34. The Balaban J connectivity index is 1.94. The molecule has 0 radical (unpaired) electrons. The number of hydrogen-bond acceptors (Lipinski definition) is 4. The van der Waals surface area contributed by atoms with Gasteiger partial charge in [-0.25, -0.2) is 0 Å². The van der Waals surface area contributed by atoms with Gasteiger partial charge in [0, 0.05) is 16.3 Å². The summed E-state index contributed by atoms with van der Waals surface area (Å²) in [6.07, 6.45) is 0.759. The molecule has 0 aliphatic rings. The second-order valence-corrected chi connectivity index (χ2v) is 7.49. The van der Waals surface area contributed by atoms with Gasteiger partial charge in [0.25, 0.3) is 5.91 Å². The molecule has 0 saturated carbocycles. The van der Waals surface area contributed by atoms with Crippen LogP contribution in [0.3, 0.4) is 0 Å². The lowest BCUT2D eigenvalue weighted by molar-refractivity contribution is -0.119. The molecule has 8 heteroatoms. The number of primary amides is 1. The van der Waals surface area contributed by atoms with Gasteiger partial charge in [-0.15, -0.1) is 11.3 Å². The molecule has 2 aromatic rings. The zero-order chi connectivity index (χ0) is 18.6. The smallest absolute Gasteiger partial charge is 0.251 e. The number of hydrogen-bond donors (Lipinski definition) is 3. The van der Waals surface area contributed by atoms with Crippen molar-refractivity contribution >= 4 is 57.1 Å². The summed E-state index contributed by atoms with van der Waals surface area (Å²) >= 11 is 12.6. The van der Waals surface area contributed by atoms with Gasteiger partial charge >= 0.3 is 0 Å². The lowest BCUT2D eigenvalue weighted by Gasteiger charge is -2.10. The first kappa shape index (κ1) is 19.4. The number of benzene rings is 1. The van der Waals surface area contributed by atoms with Crippen molar-refractivity contribution in [2.24, 2.45) is 5.73 Å². The van der Waals surface area contributed by atoms with E-state index in [2.05, 4.69) is 10.6 Å². The molecule has 2 rings (SSSR count). The molecule has 4 N–H and O–H groups in total. The molecule has 0 aliphatic heterocycles. The summed E-state index contributed by atoms with van der Waals surface area (Å²) in [7, 11) is 0. The number of halogens is 1. The Morgan fingerprint density at radius 1 is 1.28 bits per heavy atom. The zero-order valence-corrected chi connectivity index (χ0v) is 16.2. The minimum atomic E-state index is -0.530. The highest BCUT2D eigenvalue weighted by atomic mass is 35.5. The Hall–Kier alpha value is -1.96. The summed E-state index contributed by atoms with van der Waals surface area (Å²) in [6.45, 7) is 3.71. The first-order chi connectivity index (χ1) is 11.8. The van der Waals surface area contributed by atoms with Crippen molar-refractivity contribution in [3.63, 3.8) is 0 Å². The van der Waals surface area contributed by atoms with Crippen molar-refractivity contribution in [1.29, 1.82) is 0 Å². The van der Waals surface area contributed by atoms with Crippen molar-refractivity contribution in [3.8, 4) is 0 Å². The summed E-state index contributed by atoms with van der Waals surface area (Å²) in [6, 6.07) is 7.38. The number of carbonyl (C=O) groups excluding carboxylic acids is 2. The van der Waals surface area contributed by atoms with Crippen molar-refractivity contribution in [3.05, 3.63) is 50.9 Å². The molecule has 25 heavy (non-hydrogen) atoms.